The van der Waals surface area contributed by atoms with Gasteiger partial charge in [0.2, 0.25) is 5.54 Å². The van der Waals surface area contributed by atoms with Gasteiger partial charge in [0.25, 0.3) is 0 Å². The molecule has 30 heavy (non-hydrogen) atoms. The molecule has 0 radical (unpaired) electrons. The van der Waals surface area contributed by atoms with Crippen molar-refractivity contribution in [2.75, 3.05) is 20.8 Å². The van der Waals surface area contributed by atoms with E-state index in [1.807, 2.05) is 30.3 Å². The van der Waals surface area contributed by atoms with Crippen LogP contribution in [0.2, 0.25) is 0 Å². The molecule has 1 aromatic rings. The molecule has 0 saturated heterocycles. The Morgan fingerprint density at radius 3 is 2.40 bits per heavy atom. The highest BCUT2D eigenvalue weighted by Gasteiger charge is 2.41. The molecule has 8 heteroatoms. The number of hydrogen-bond acceptors (Lipinski definition) is 7. The predicted octanol–water partition coefficient (Wildman–Crippen LogP) is 1.95. The third kappa shape index (κ3) is 7.26. The van der Waals surface area contributed by atoms with E-state index < -0.39 is 29.6 Å². The van der Waals surface area contributed by atoms with Crippen molar-refractivity contribution in [3.8, 4) is 12.3 Å². The molecule has 1 amide bonds. The summed E-state index contributed by atoms with van der Waals surface area (Å²) >= 11 is 0. The number of ether oxygens (including phenoxy) is 3. The van der Waals surface area contributed by atoms with Gasteiger partial charge >= 0.3 is 18.0 Å². The van der Waals surface area contributed by atoms with E-state index in [1.165, 1.54) is 0 Å². The number of rotatable bonds is 11. The summed E-state index contributed by atoms with van der Waals surface area (Å²) in [5, 5.41) is 5.46. The van der Waals surface area contributed by atoms with Gasteiger partial charge in [-0.15, -0.1) is 6.42 Å². The molecule has 1 rings (SSSR count). The van der Waals surface area contributed by atoms with E-state index in [0.29, 0.717) is 12.1 Å². The zero-order valence-electron chi connectivity index (χ0n) is 17.5. The van der Waals surface area contributed by atoms with Crippen LogP contribution >= 0.6 is 0 Å². The lowest BCUT2D eigenvalue weighted by atomic mass is 9.89. The van der Waals surface area contributed by atoms with Crippen molar-refractivity contribution in [1.29, 1.82) is 0 Å². The van der Waals surface area contributed by atoms with Crippen molar-refractivity contribution in [3.05, 3.63) is 48.0 Å². The lowest BCUT2D eigenvalue weighted by Gasteiger charge is -2.28. The summed E-state index contributed by atoms with van der Waals surface area (Å²) in [6, 6.07) is 8.81. The molecule has 2 atom stereocenters. The number of hydrogen-bond donors (Lipinski definition) is 2. The van der Waals surface area contributed by atoms with Gasteiger partial charge < -0.3 is 19.5 Å². The van der Waals surface area contributed by atoms with Gasteiger partial charge in [-0.05, 0) is 18.9 Å². The van der Waals surface area contributed by atoms with Gasteiger partial charge in [0, 0.05) is 13.0 Å². The maximum Gasteiger partial charge on any atom is 0.408 e. The lowest BCUT2D eigenvalue weighted by Crippen LogP contribution is -2.54. The quantitative estimate of drug-likeness (QED) is 0.246. The number of terminal acetylenes is 1. The maximum absolute atomic E-state index is 12.4. The van der Waals surface area contributed by atoms with E-state index in [0.717, 1.165) is 19.8 Å². The van der Waals surface area contributed by atoms with Crippen molar-refractivity contribution in [3.63, 3.8) is 0 Å². The van der Waals surface area contributed by atoms with Gasteiger partial charge in [-0.3, -0.25) is 10.1 Å². The van der Waals surface area contributed by atoms with Gasteiger partial charge in [0.1, 0.15) is 6.04 Å². The molecule has 1 aromatic carbocycles. The molecule has 0 heterocycles. The number of carbonyl (C=O) groups is 3. The highest BCUT2D eigenvalue weighted by Crippen LogP contribution is 2.21. The van der Waals surface area contributed by atoms with Crippen molar-refractivity contribution in [2.45, 2.75) is 37.9 Å². The van der Waals surface area contributed by atoms with Crippen molar-refractivity contribution in [2.24, 2.45) is 0 Å². The van der Waals surface area contributed by atoms with E-state index in [-0.39, 0.29) is 19.4 Å². The minimum atomic E-state index is -1.81. The van der Waals surface area contributed by atoms with Gasteiger partial charge in [0.15, 0.2) is 0 Å². The number of esters is 2. The summed E-state index contributed by atoms with van der Waals surface area (Å²) in [4.78, 5) is 36.4. The Hall–Kier alpha value is -3.31. The van der Waals surface area contributed by atoms with Crippen LogP contribution in [-0.4, -0.2) is 50.4 Å². The van der Waals surface area contributed by atoms with Crippen molar-refractivity contribution in [1.82, 2.24) is 10.6 Å². The molecule has 0 aliphatic carbocycles. The largest absolute Gasteiger partial charge is 0.467 e. The van der Waals surface area contributed by atoms with Gasteiger partial charge in [-0.25, -0.2) is 9.59 Å². The highest BCUT2D eigenvalue weighted by atomic mass is 16.5. The zero-order valence-corrected chi connectivity index (χ0v) is 17.5. The first-order valence-electron chi connectivity index (χ1n) is 9.34. The molecular formula is C22H28N2O6. The molecule has 162 valence electrons. The average molecular weight is 416 g/mol. The van der Waals surface area contributed by atoms with E-state index >= 15 is 0 Å². The van der Waals surface area contributed by atoms with E-state index in [9.17, 15) is 14.4 Å². The van der Waals surface area contributed by atoms with Crippen molar-refractivity contribution < 1.29 is 28.6 Å². The van der Waals surface area contributed by atoms with Gasteiger partial charge in [-0.2, -0.15) is 0 Å². The molecule has 0 spiro atoms. The smallest absolute Gasteiger partial charge is 0.408 e. The van der Waals surface area contributed by atoms with Crippen LogP contribution in [0.3, 0.4) is 0 Å². The third-order valence-corrected chi connectivity index (χ3v) is 4.26. The van der Waals surface area contributed by atoms with Crippen LogP contribution in [0.1, 0.15) is 25.3 Å². The minimum Gasteiger partial charge on any atom is -0.467 e. The summed E-state index contributed by atoms with van der Waals surface area (Å²) < 4.78 is 14.4. The van der Waals surface area contributed by atoms with E-state index in [1.54, 1.807) is 6.92 Å². The first-order chi connectivity index (χ1) is 14.3. The van der Waals surface area contributed by atoms with Crippen LogP contribution in [0.25, 0.3) is 0 Å². The first-order valence-corrected chi connectivity index (χ1v) is 9.34. The Bertz CT molecular complexity index is 787. The number of amides is 1. The Morgan fingerprint density at radius 2 is 1.87 bits per heavy atom. The predicted molar refractivity (Wildman–Crippen MR) is 111 cm³/mol. The maximum atomic E-state index is 12.4. The van der Waals surface area contributed by atoms with Crippen molar-refractivity contribution >= 4 is 18.0 Å². The minimum absolute atomic E-state index is 0.134. The second-order valence-electron chi connectivity index (χ2n) is 6.46. The molecular weight excluding hydrogens is 388 g/mol. The van der Waals surface area contributed by atoms with E-state index in [4.69, 9.17) is 15.9 Å². The van der Waals surface area contributed by atoms with Crippen LogP contribution in [0.5, 0.6) is 0 Å². The summed E-state index contributed by atoms with van der Waals surface area (Å²) in [5.41, 5.74) is -0.386. The normalized spacial score (nSPS) is 13.1. The fourth-order valence-electron chi connectivity index (χ4n) is 2.77. The Kier molecular flexibility index (Phi) is 10.1. The lowest BCUT2D eigenvalue weighted by molar-refractivity contribution is -0.146. The molecule has 0 aromatic heterocycles. The number of methoxy groups -OCH3 is 2. The number of alkyl carbamates (subject to hydrolysis) is 1. The third-order valence-electron chi connectivity index (χ3n) is 4.26. The zero-order chi connectivity index (χ0) is 22.6. The number of benzene rings is 1. The van der Waals surface area contributed by atoms with Crippen LogP contribution in [0.4, 0.5) is 4.79 Å². The second kappa shape index (κ2) is 12.3. The average Bonchev–Trinajstić information content (AvgIpc) is 2.76. The number of carbonyl (C=O) groups excluding carboxylic acids is 3. The molecule has 2 unspecified atom stereocenters. The van der Waals surface area contributed by atoms with Crippen LogP contribution in [0, 0.1) is 12.3 Å². The Labute approximate surface area is 177 Å². The van der Waals surface area contributed by atoms with Gasteiger partial charge in [0.05, 0.1) is 20.8 Å². The highest BCUT2D eigenvalue weighted by molar-refractivity contribution is 5.89. The SMILES string of the molecule is C#CC(CC(=C)CC(NCc1ccccc1)C(=O)OCC)(NC(=O)OC)C(=O)OC. The monoisotopic (exact) mass is 416 g/mol. The Morgan fingerprint density at radius 1 is 1.20 bits per heavy atom. The first kappa shape index (κ1) is 24.7. The molecule has 0 bridgehead atoms. The molecule has 0 aliphatic heterocycles. The summed E-state index contributed by atoms with van der Waals surface area (Å²) in [5.74, 6) is 0.960. The summed E-state index contributed by atoms with van der Waals surface area (Å²) in [6.07, 6.45) is 4.64. The fraction of sp³-hybridized carbons (Fsp3) is 0.409. The molecule has 0 fully saturated rings. The fourth-order valence-corrected chi connectivity index (χ4v) is 2.77. The molecule has 0 aliphatic rings. The van der Waals surface area contributed by atoms with Gasteiger partial charge in [-0.1, -0.05) is 48.4 Å². The Balaban J connectivity index is 2.96. The topological polar surface area (TPSA) is 103 Å². The molecule has 8 nitrogen and oxygen atoms in total. The number of nitrogens with one attached hydrogen (secondary N) is 2. The molecule has 0 saturated carbocycles. The van der Waals surface area contributed by atoms with Crippen LogP contribution in [-0.2, 0) is 30.3 Å². The second-order valence-corrected chi connectivity index (χ2v) is 6.46. The summed E-state index contributed by atoms with van der Waals surface area (Å²) in [6.45, 7) is 6.28. The van der Waals surface area contributed by atoms with Crippen LogP contribution in [0.15, 0.2) is 42.5 Å². The van der Waals surface area contributed by atoms with E-state index in [2.05, 4.69) is 27.9 Å². The standard InChI is InChI=1S/C22H28N2O6/c1-6-22(20(26)28-4,24-21(27)29-5)14-16(3)13-18(19(25)30-7-2)23-15-17-11-9-8-10-12-17/h1,8-12,18,23H,3,7,13-15H2,2,4-5H3,(H,24,27). The molecule has 2 N–H and O–H groups in total. The van der Waals surface area contributed by atoms with Crippen LogP contribution < -0.4 is 10.6 Å². The summed E-state index contributed by atoms with van der Waals surface area (Å²) in [7, 11) is 2.30.